The molecule has 0 fully saturated rings. The van der Waals surface area contributed by atoms with E-state index < -0.39 is 0 Å². The number of ether oxygens (including phenoxy) is 1. The van der Waals surface area contributed by atoms with Crippen LogP contribution in [0.1, 0.15) is 12.0 Å². The van der Waals surface area contributed by atoms with Gasteiger partial charge in [0.25, 0.3) is 0 Å². The van der Waals surface area contributed by atoms with Crippen LogP contribution in [0.4, 0.5) is 10.1 Å². The molecule has 106 valence electrons. The highest BCUT2D eigenvalue weighted by molar-refractivity contribution is 5.42. The summed E-state index contributed by atoms with van der Waals surface area (Å²) in [6.45, 7) is 2.16. The first-order valence-electron chi connectivity index (χ1n) is 6.96. The minimum Gasteiger partial charge on any atom is -0.383 e. The topological polar surface area (TPSA) is 21.3 Å². The van der Waals surface area contributed by atoms with Crippen molar-refractivity contribution in [2.24, 2.45) is 0 Å². The van der Waals surface area contributed by atoms with Crippen LogP contribution in [-0.2, 0) is 11.2 Å². The molecule has 2 aromatic carbocycles. The molecule has 2 aromatic rings. The zero-order valence-corrected chi connectivity index (χ0v) is 11.5. The van der Waals surface area contributed by atoms with E-state index in [2.05, 4.69) is 29.6 Å². The first-order valence-corrected chi connectivity index (χ1v) is 6.96. The van der Waals surface area contributed by atoms with E-state index in [0.717, 1.165) is 31.7 Å². The number of aryl methyl sites for hydroxylation is 1. The van der Waals surface area contributed by atoms with Crippen LogP contribution in [0.2, 0.25) is 0 Å². The van der Waals surface area contributed by atoms with Crippen molar-refractivity contribution in [2.45, 2.75) is 12.8 Å². The number of rotatable bonds is 8. The number of benzene rings is 2. The van der Waals surface area contributed by atoms with Crippen molar-refractivity contribution in [1.29, 1.82) is 0 Å². The van der Waals surface area contributed by atoms with E-state index in [1.807, 2.05) is 6.07 Å². The fraction of sp³-hybridized carbons (Fsp3) is 0.294. The summed E-state index contributed by atoms with van der Waals surface area (Å²) in [6, 6.07) is 16.8. The number of halogens is 1. The van der Waals surface area contributed by atoms with E-state index in [1.165, 1.54) is 17.7 Å². The fourth-order valence-corrected chi connectivity index (χ4v) is 1.96. The molecule has 1 N–H and O–H groups in total. The Hall–Kier alpha value is -1.87. The summed E-state index contributed by atoms with van der Waals surface area (Å²) in [5.41, 5.74) is 2.26. The van der Waals surface area contributed by atoms with Crippen LogP contribution in [0.25, 0.3) is 0 Å². The third-order valence-corrected chi connectivity index (χ3v) is 3.02. The average Bonchev–Trinajstić information content (AvgIpc) is 2.49. The monoisotopic (exact) mass is 273 g/mol. The maximum absolute atomic E-state index is 12.7. The Morgan fingerprint density at radius 3 is 2.40 bits per heavy atom. The highest BCUT2D eigenvalue weighted by Gasteiger charge is 1.94. The third kappa shape index (κ3) is 5.41. The molecule has 0 saturated carbocycles. The molecule has 0 radical (unpaired) electrons. The van der Waals surface area contributed by atoms with Crippen LogP contribution >= 0.6 is 0 Å². The molecule has 20 heavy (non-hydrogen) atoms. The molecule has 0 atom stereocenters. The van der Waals surface area contributed by atoms with E-state index in [1.54, 1.807) is 12.1 Å². The van der Waals surface area contributed by atoms with Gasteiger partial charge in [-0.05, 0) is 42.7 Å². The molecule has 0 aliphatic carbocycles. The lowest BCUT2D eigenvalue weighted by molar-refractivity contribution is 0.141. The Balaban J connectivity index is 1.51. The van der Waals surface area contributed by atoms with Gasteiger partial charge in [-0.2, -0.15) is 0 Å². The van der Waals surface area contributed by atoms with E-state index in [4.69, 9.17) is 4.74 Å². The summed E-state index contributed by atoms with van der Waals surface area (Å²) < 4.78 is 18.3. The van der Waals surface area contributed by atoms with Gasteiger partial charge in [0.1, 0.15) is 5.82 Å². The second kappa shape index (κ2) is 8.33. The summed E-state index contributed by atoms with van der Waals surface area (Å²) in [5.74, 6) is -0.215. The maximum Gasteiger partial charge on any atom is 0.123 e. The van der Waals surface area contributed by atoms with Crippen molar-refractivity contribution >= 4 is 5.69 Å². The predicted octanol–water partition coefficient (Wildman–Crippen LogP) is 3.89. The smallest absolute Gasteiger partial charge is 0.123 e. The van der Waals surface area contributed by atoms with Crippen molar-refractivity contribution in [2.75, 3.05) is 25.1 Å². The van der Waals surface area contributed by atoms with E-state index in [9.17, 15) is 4.39 Å². The molecule has 0 bridgehead atoms. The molecule has 0 aliphatic heterocycles. The summed E-state index contributed by atoms with van der Waals surface area (Å²) in [6.07, 6.45) is 2.08. The highest BCUT2D eigenvalue weighted by atomic mass is 19.1. The van der Waals surface area contributed by atoms with Gasteiger partial charge < -0.3 is 10.1 Å². The SMILES string of the molecule is Fc1ccc(NCCOCCCc2ccccc2)cc1. The number of hydrogen-bond acceptors (Lipinski definition) is 2. The molecule has 2 rings (SSSR count). The van der Waals surface area contributed by atoms with Crippen molar-refractivity contribution in [3.8, 4) is 0 Å². The van der Waals surface area contributed by atoms with E-state index in [-0.39, 0.29) is 5.82 Å². The standard InChI is InChI=1S/C17H20FNO/c18-16-8-10-17(11-9-16)19-12-14-20-13-4-7-15-5-2-1-3-6-15/h1-3,5-6,8-11,19H,4,7,12-14H2. The molecule has 0 aromatic heterocycles. The molecular weight excluding hydrogens is 253 g/mol. The Morgan fingerprint density at radius 2 is 1.65 bits per heavy atom. The summed E-state index contributed by atoms with van der Waals surface area (Å²) in [4.78, 5) is 0. The number of hydrogen-bond donors (Lipinski definition) is 1. The summed E-state index contributed by atoms with van der Waals surface area (Å²) in [5, 5.41) is 3.19. The quantitative estimate of drug-likeness (QED) is 0.737. The normalized spacial score (nSPS) is 10.4. The Kier molecular flexibility index (Phi) is 6.06. The van der Waals surface area contributed by atoms with Crippen molar-refractivity contribution < 1.29 is 9.13 Å². The van der Waals surface area contributed by atoms with Gasteiger partial charge in [-0.1, -0.05) is 30.3 Å². The van der Waals surface area contributed by atoms with Gasteiger partial charge in [0.2, 0.25) is 0 Å². The largest absolute Gasteiger partial charge is 0.383 e. The molecule has 0 unspecified atom stereocenters. The summed E-state index contributed by atoms with van der Waals surface area (Å²) in [7, 11) is 0. The highest BCUT2D eigenvalue weighted by Crippen LogP contribution is 2.07. The van der Waals surface area contributed by atoms with E-state index >= 15 is 0 Å². The van der Waals surface area contributed by atoms with Gasteiger partial charge in [-0.3, -0.25) is 0 Å². The van der Waals surface area contributed by atoms with Crippen molar-refractivity contribution in [3.63, 3.8) is 0 Å². The molecule has 3 heteroatoms. The van der Waals surface area contributed by atoms with Gasteiger partial charge in [-0.15, -0.1) is 0 Å². The Labute approximate surface area is 119 Å². The van der Waals surface area contributed by atoms with Crippen LogP contribution in [0.5, 0.6) is 0 Å². The predicted molar refractivity (Wildman–Crippen MR) is 80.5 cm³/mol. The van der Waals surface area contributed by atoms with Crippen molar-refractivity contribution in [1.82, 2.24) is 0 Å². The van der Waals surface area contributed by atoms with Crippen LogP contribution in [-0.4, -0.2) is 19.8 Å². The number of anilines is 1. The van der Waals surface area contributed by atoms with Gasteiger partial charge in [0, 0.05) is 18.8 Å². The zero-order valence-electron chi connectivity index (χ0n) is 11.5. The second-order valence-corrected chi connectivity index (χ2v) is 4.64. The maximum atomic E-state index is 12.7. The van der Waals surface area contributed by atoms with E-state index in [0.29, 0.717) is 6.61 Å². The lowest BCUT2D eigenvalue weighted by atomic mass is 10.1. The molecule has 0 saturated heterocycles. The fourth-order valence-electron chi connectivity index (χ4n) is 1.96. The zero-order chi connectivity index (χ0) is 14.0. The molecule has 0 amide bonds. The molecular formula is C17H20FNO. The lowest BCUT2D eigenvalue weighted by Crippen LogP contribution is -2.10. The molecule has 2 nitrogen and oxygen atoms in total. The lowest BCUT2D eigenvalue weighted by Gasteiger charge is -2.07. The second-order valence-electron chi connectivity index (χ2n) is 4.64. The Morgan fingerprint density at radius 1 is 0.900 bits per heavy atom. The first-order chi connectivity index (χ1) is 9.84. The van der Waals surface area contributed by atoms with Crippen LogP contribution in [0, 0.1) is 5.82 Å². The minimum absolute atomic E-state index is 0.215. The van der Waals surface area contributed by atoms with Gasteiger partial charge in [-0.25, -0.2) is 4.39 Å². The third-order valence-electron chi connectivity index (χ3n) is 3.02. The van der Waals surface area contributed by atoms with Gasteiger partial charge in [0.05, 0.1) is 6.61 Å². The number of nitrogens with one attached hydrogen (secondary N) is 1. The van der Waals surface area contributed by atoms with Gasteiger partial charge >= 0.3 is 0 Å². The van der Waals surface area contributed by atoms with Crippen molar-refractivity contribution in [3.05, 3.63) is 66.0 Å². The molecule has 0 heterocycles. The van der Waals surface area contributed by atoms with Gasteiger partial charge in [0.15, 0.2) is 0 Å². The summed E-state index contributed by atoms with van der Waals surface area (Å²) >= 11 is 0. The Bertz CT molecular complexity index is 484. The first kappa shape index (κ1) is 14.5. The minimum atomic E-state index is -0.215. The molecule has 0 aliphatic rings. The average molecular weight is 273 g/mol. The van der Waals surface area contributed by atoms with Crippen LogP contribution in [0.15, 0.2) is 54.6 Å². The van der Waals surface area contributed by atoms with Crippen LogP contribution in [0.3, 0.4) is 0 Å². The molecule has 0 spiro atoms. The van der Waals surface area contributed by atoms with Crippen LogP contribution < -0.4 is 5.32 Å².